The molecular weight excluding hydrogens is 304 g/mol. The van der Waals surface area contributed by atoms with E-state index in [0.717, 1.165) is 25.3 Å². The van der Waals surface area contributed by atoms with Crippen LogP contribution < -0.4 is 10.2 Å². The highest BCUT2D eigenvalue weighted by atomic mass is 15.1. The lowest BCUT2D eigenvalue weighted by molar-refractivity contribution is 0.865. The van der Waals surface area contributed by atoms with Gasteiger partial charge in [-0.25, -0.2) is 0 Å². The predicted molar refractivity (Wildman–Crippen MR) is 112 cm³/mol. The number of nitrogens with zero attached hydrogens (tertiary/aromatic N) is 1. The van der Waals surface area contributed by atoms with Gasteiger partial charge in [0.05, 0.1) is 0 Å². The van der Waals surface area contributed by atoms with Crippen LogP contribution in [0.3, 0.4) is 0 Å². The van der Waals surface area contributed by atoms with Crippen molar-refractivity contribution >= 4 is 17.5 Å². The Morgan fingerprint density at radius 2 is 1.60 bits per heavy atom. The highest BCUT2D eigenvalue weighted by Crippen LogP contribution is 2.17. The van der Waals surface area contributed by atoms with E-state index in [4.69, 9.17) is 0 Å². The SMILES string of the molecule is C/C=C/C(C)=C/c1ccc(NCc2ccc(N(CC)CC)cc2)cc1. The Balaban J connectivity index is 1.94. The van der Waals surface area contributed by atoms with E-state index < -0.39 is 0 Å². The van der Waals surface area contributed by atoms with Gasteiger partial charge in [-0.3, -0.25) is 0 Å². The number of rotatable bonds is 8. The Morgan fingerprint density at radius 3 is 2.16 bits per heavy atom. The summed E-state index contributed by atoms with van der Waals surface area (Å²) in [6, 6.07) is 17.4. The first-order valence-corrected chi connectivity index (χ1v) is 9.15. The first-order valence-electron chi connectivity index (χ1n) is 9.15. The van der Waals surface area contributed by atoms with Crippen molar-refractivity contribution in [2.45, 2.75) is 34.2 Å². The van der Waals surface area contributed by atoms with E-state index in [0.29, 0.717) is 0 Å². The predicted octanol–water partition coefficient (Wildman–Crippen LogP) is 6.12. The fraction of sp³-hybridized carbons (Fsp3) is 0.304. The Labute approximate surface area is 152 Å². The largest absolute Gasteiger partial charge is 0.381 e. The highest BCUT2D eigenvalue weighted by Gasteiger charge is 2.01. The number of hydrogen-bond donors (Lipinski definition) is 1. The summed E-state index contributed by atoms with van der Waals surface area (Å²) in [6.45, 7) is 11.5. The highest BCUT2D eigenvalue weighted by molar-refractivity contribution is 5.58. The van der Waals surface area contributed by atoms with Crippen molar-refractivity contribution in [1.82, 2.24) is 0 Å². The molecule has 2 aromatic rings. The third-order valence-electron chi connectivity index (χ3n) is 4.30. The van der Waals surface area contributed by atoms with E-state index in [9.17, 15) is 0 Å². The Bertz CT molecular complexity index is 690. The van der Waals surface area contributed by atoms with Crippen LogP contribution in [0.25, 0.3) is 6.08 Å². The molecule has 0 heterocycles. The molecule has 0 bridgehead atoms. The molecule has 2 rings (SSSR count). The van der Waals surface area contributed by atoms with Gasteiger partial charge in [0, 0.05) is 31.0 Å². The quantitative estimate of drug-likeness (QED) is 0.585. The number of anilines is 2. The molecule has 0 aliphatic carbocycles. The summed E-state index contributed by atoms with van der Waals surface area (Å²) in [7, 11) is 0. The van der Waals surface area contributed by atoms with Gasteiger partial charge in [-0.15, -0.1) is 0 Å². The Morgan fingerprint density at radius 1 is 0.960 bits per heavy atom. The van der Waals surface area contributed by atoms with Gasteiger partial charge in [0.2, 0.25) is 0 Å². The zero-order valence-electron chi connectivity index (χ0n) is 15.9. The number of allylic oxidation sites excluding steroid dienone is 3. The maximum absolute atomic E-state index is 3.50. The smallest absolute Gasteiger partial charge is 0.0400 e. The zero-order valence-corrected chi connectivity index (χ0v) is 15.9. The lowest BCUT2D eigenvalue weighted by atomic mass is 10.1. The van der Waals surface area contributed by atoms with Gasteiger partial charge >= 0.3 is 0 Å². The standard InChI is InChI=1S/C23H30N2/c1-5-8-19(4)17-20-9-13-22(14-10-20)24-18-21-11-15-23(16-12-21)25(6-2)7-3/h5,8-17,24H,6-7,18H2,1-4H3/b8-5+,19-17+. The third kappa shape index (κ3) is 5.82. The average Bonchev–Trinajstić information content (AvgIpc) is 2.63. The van der Waals surface area contributed by atoms with Crippen LogP contribution in [0.15, 0.2) is 66.3 Å². The summed E-state index contributed by atoms with van der Waals surface area (Å²) in [6.07, 6.45) is 6.37. The van der Waals surface area contributed by atoms with Crippen molar-refractivity contribution < 1.29 is 0 Å². The van der Waals surface area contributed by atoms with Crippen molar-refractivity contribution in [2.75, 3.05) is 23.3 Å². The second kappa shape index (κ2) is 9.73. The molecule has 0 fully saturated rings. The Kier molecular flexibility index (Phi) is 7.34. The molecule has 2 aromatic carbocycles. The van der Waals surface area contributed by atoms with Gasteiger partial charge < -0.3 is 10.2 Å². The number of hydrogen-bond acceptors (Lipinski definition) is 2. The maximum atomic E-state index is 3.50. The molecule has 132 valence electrons. The monoisotopic (exact) mass is 334 g/mol. The van der Waals surface area contributed by atoms with Gasteiger partial charge in [0.25, 0.3) is 0 Å². The van der Waals surface area contributed by atoms with Crippen LogP contribution in [0, 0.1) is 0 Å². The molecule has 1 N–H and O–H groups in total. The lowest BCUT2D eigenvalue weighted by Crippen LogP contribution is -2.21. The lowest BCUT2D eigenvalue weighted by Gasteiger charge is -2.21. The molecule has 0 aromatic heterocycles. The van der Waals surface area contributed by atoms with Crippen molar-refractivity contribution in [2.24, 2.45) is 0 Å². The minimum Gasteiger partial charge on any atom is -0.381 e. The molecule has 2 heteroatoms. The van der Waals surface area contributed by atoms with E-state index in [-0.39, 0.29) is 0 Å². The van der Waals surface area contributed by atoms with Crippen molar-refractivity contribution in [3.05, 3.63) is 77.4 Å². The van der Waals surface area contributed by atoms with Crippen LogP contribution in [0.5, 0.6) is 0 Å². The normalized spacial score (nSPS) is 11.8. The summed E-state index contributed by atoms with van der Waals surface area (Å²) in [5.41, 5.74) is 6.22. The number of benzene rings is 2. The molecule has 0 spiro atoms. The van der Waals surface area contributed by atoms with E-state index in [1.54, 1.807) is 0 Å². The summed E-state index contributed by atoms with van der Waals surface area (Å²) in [4.78, 5) is 2.36. The zero-order chi connectivity index (χ0) is 18.1. The molecule has 25 heavy (non-hydrogen) atoms. The van der Waals surface area contributed by atoms with Crippen LogP contribution >= 0.6 is 0 Å². The van der Waals surface area contributed by atoms with Gasteiger partial charge in [-0.05, 0) is 63.1 Å². The molecule has 0 aliphatic heterocycles. The van der Waals surface area contributed by atoms with Crippen molar-refractivity contribution in [1.29, 1.82) is 0 Å². The first-order chi connectivity index (χ1) is 12.2. The van der Waals surface area contributed by atoms with E-state index in [1.807, 2.05) is 6.92 Å². The Hall–Kier alpha value is -2.48. The summed E-state index contributed by atoms with van der Waals surface area (Å²) >= 11 is 0. The molecule has 0 saturated heterocycles. The molecule has 0 aliphatic rings. The van der Waals surface area contributed by atoms with Gasteiger partial charge in [-0.2, -0.15) is 0 Å². The minimum atomic E-state index is 0.839. The van der Waals surface area contributed by atoms with E-state index in [1.165, 1.54) is 22.4 Å². The van der Waals surface area contributed by atoms with E-state index in [2.05, 4.69) is 97.7 Å². The molecule has 0 saturated carbocycles. The molecule has 2 nitrogen and oxygen atoms in total. The second-order valence-corrected chi connectivity index (χ2v) is 6.20. The minimum absolute atomic E-state index is 0.839. The summed E-state index contributed by atoms with van der Waals surface area (Å²) < 4.78 is 0. The van der Waals surface area contributed by atoms with Gasteiger partial charge in [0.15, 0.2) is 0 Å². The van der Waals surface area contributed by atoms with Crippen LogP contribution in [-0.2, 0) is 6.54 Å². The van der Waals surface area contributed by atoms with Crippen LogP contribution in [0.1, 0.15) is 38.8 Å². The molecule has 0 unspecified atom stereocenters. The average molecular weight is 335 g/mol. The molecular formula is C23H30N2. The fourth-order valence-electron chi connectivity index (χ4n) is 2.89. The maximum Gasteiger partial charge on any atom is 0.0400 e. The van der Waals surface area contributed by atoms with Crippen LogP contribution in [0.2, 0.25) is 0 Å². The van der Waals surface area contributed by atoms with Crippen molar-refractivity contribution in [3.8, 4) is 0 Å². The molecule has 0 atom stereocenters. The summed E-state index contributed by atoms with van der Waals surface area (Å²) in [5.74, 6) is 0. The topological polar surface area (TPSA) is 15.3 Å². The number of nitrogens with one attached hydrogen (secondary N) is 1. The third-order valence-corrected chi connectivity index (χ3v) is 4.30. The fourth-order valence-corrected chi connectivity index (χ4v) is 2.89. The van der Waals surface area contributed by atoms with Gasteiger partial charge in [0.1, 0.15) is 0 Å². The van der Waals surface area contributed by atoms with Crippen molar-refractivity contribution in [3.63, 3.8) is 0 Å². The second-order valence-electron chi connectivity index (χ2n) is 6.20. The van der Waals surface area contributed by atoms with Crippen LogP contribution in [-0.4, -0.2) is 13.1 Å². The first kappa shape index (κ1) is 18.9. The van der Waals surface area contributed by atoms with Crippen LogP contribution in [0.4, 0.5) is 11.4 Å². The molecule has 0 amide bonds. The molecule has 0 radical (unpaired) electrons. The van der Waals surface area contributed by atoms with E-state index >= 15 is 0 Å². The summed E-state index contributed by atoms with van der Waals surface area (Å²) in [5, 5.41) is 3.50. The van der Waals surface area contributed by atoms with Gasteiger partial charge in [-0.1, -0.05) is 48.1 Å².